The molecule has 0 aromatic rings. The highest BCUT2D eigenvalue weighted by molar-refractivity contribution is 5.67. The van der Waals surface area contributed by atoms with Gasteiger partial charge in [0.05, 0.1) is 19.8 Å². The van der Waals surface area contributed by atoms with Crippen LogP contribution >= 0.6 is 0 Å². The molecule has 0 heterocycles. The first-order valence-corrected chi connectivity index (χ1v) is 17.1. The van der Waals surface area contributed by atoms with Crippen molar-refractivity contribution < 1.29 is 45.0 Å². The largest absolute Gasteiger partial charge is 0.481 e. The molecule has 44 heavy (non-hydrogen) atoms. The van der Waals surface area contributed by atoms with Crippen molar-refractivity contribution in [1.82, 2.24) is 4.90 Å². The van der Waals surface area contributed by atoms with Crippen LogP contribution in [0, 0.1) is 0 Å². The van der Waals surface area contributed by atoms with Crippen LogP contribution in [-0.2, 0) is 14.4 Å². The predicted octanol–water partition coefficient (Wildman–Crippen LogP) is 6.65. The number of aliphatic hydroxyl groups is 3. The van der Waals surface area contributed by atoms with Gasteiger partial charge in [-0.15, -0.1) is 0 Å². The van der Waals surface area contributed by atoms with Crippen LogP contribution in [-0.4, -0.2) is 92.9 Å². The van der Waals surface area contributed by atoms with Gasteiger partial charge in [0.25, 0.3) is 0 Å². The Morgan fingerprint density at radius 2 is 0.727 bits per heavy atom. The molecule has 10 nitrogen and oxygen atoms in total. The van der Waals surface area contributed by atoms with E-state index in [0.29, 0.717) is 26.1 Å². The predicted molar refractivity (Wildman–Crippen MR) is 177 cm³/mol. The first-order valence-electron chi connectivity index (χ1n) is 17.1. The molecular formula is C34H67NO9. The molecule has 0 saturated heterocycles. The highest BCUT2D eigenvalue weighted by Crippen LogP contribution is 2.10. The lowest BCUT2D eigenvalue weighted by molar-refractivity contribution is -0.138. The molecule has 0 aliphatic carbocycles. The number of aliphatic carboxylic acids is 3. The minimum atomic E-state index is -0.740. The summed E-state index contributed by atoms with van der Waals surface area (Å²) >= 11 is 0. The quantitative estimate of drug-likeness (QED) is 0.0371. The molecule has 0 saturated carbocycles. The fraction of sp³-hybridized carbons (Fsp3) is 0.853. The Morgan fingerprint density at radius 3 is 1.00 bits per heavy atom. The number of carboxylic acid groups (broad SMARTS) is 3. The summed E-state index contributed by atoms with van der Waals surface area (Å²) in [5.41, 5.74) is 0. The maximum absolute atomic E-state index is 10.3. The van der Waals surface area contributed by atoms with Crippen LogP contribution in [0.4, 0.5) is 0 Å². The van der Waals surface area contributed by atoms with Gasteiger partial charge in [-0.2, -0.15) is 0 Å². The second-order valence-electron chi connectivity index (χ2n) is 11.1. The number of rotatable bonds is 30. The summed E-state index contributed by atoms with van der Waals surface area (Å²) in [4.78, 5) is 32.4. The van der Waals surface area contributed by atoms with Crippen molar-refractivity contribution in [2.45, 2.75) is 148 Å². The third-order valence-corrected chi connectivity index (χ3v) is 6.93. The van der Waals surface area contributed by atoms with Gasteiger partial charge in [0.2, 0.25) is 0 Å². The standard InChI is InChI=1S/C18H34O2.C10H18O4.C6H15NO3/c1-2-3-4-5-6-7-8-9-10-11-12-13-14-15-16-17-18(19)20;11-9(12)7-5-3-1-2-4-6-8-10(13)14;8-4-1-7(2-5-9)3-6-10/h9-10H,2-8,11-17H2,1H3,(H,19,20);1-8H2,(H,11,12)(H,13,14);8-10H,1-6H2/b10-9-;;. The van der Waals surface area contributed by atoms with Crippen molar-refractivity contribution in [2.75, 3.05) is 39.5 Å². The molecule has 0 bridgehead atoms. The Balaban J connectivity index is -0.000000611. The average Bonchev–Trinajstić information content (AvgIpc) is 2.97. The van der Waals surface area contributed by atoms with Gasteiger partial charge in [-0.1, -0.05) is 96.1 Å². The van der Waals surface area contributed by atoms with Gasteiger partial charge < -0.3 is 30.6 Å². The summed E-state index contributed by atoms with van der Waals surface area (Å²) in [5, 5.41) is 50.7. The third kappa shape index (κ3) is 49.7. The van der Waals surface area contributed by atoms with Gasteiger partial charge in [0.1, 0.15) is 0 Å². The fourth-order valence-corrected chi connectivity index (χ4v) is 4.37. The van der Waals surface area contributed by atoms with Gasteiger partial charge in [-0.05, 0) is 44.9 Å². The van der Waals surface area contributed by atoms with Crippen molar-refractivity contribution in [3.63, 3.8) is 0 Å². The van der Waals surface area contributed by atoms with Crippen molar-refractivity contribution in [2.24, 2.45) is 0 Å². The minimum absolute atomic E-state index is 0.0694. The Bertz CT molecular complexity index is 610. The Hall–Kier alpha value is -2.01. The summed E-state index contributed by atoms with van der Waals surface area (Å²) < 4.78 is 0. The van der Waals surface area contributed by atoms with Crippen molar-refractivity contribution in [3.8, 4) is 0 Å². The normalized spacial score (nSPS) is 10.8. The Morgan fingerprint density at radius 1 is 0.455 bits per heavy atom. The second kappa shape index (κ2) is 41.0. The molecule has 262 valence electrons. The molecule has 6 N–H and O–H groups in total. The van der Waals surface area contributed by atoms with Gasteiger partial charge >= 0.3 is 17.9 Å². The maximum Gasteiger partial charge on any atom is 0.303 e. The van der Waals surface area contributed by atoms with Crippen LogP contribution < -0.4 is 0 Å². The molecule has 0 unspecified atom stereocenters. The van der Waals surface area contributed by atoms with Gasteiger partial charge in [-0.25, -0.2) is 0 Å². The summed E-state index contributed by atoms with van der Waals surface area (Å²) in [6.07, 6.45) is 27.1. The smallest absolute Gasteiger partial charge is 0.303 e. The minimum Gasteiger partial charge on any atom is -0.481 e. The molecule has 0 radical (unpaired) electrons. The van der Waals surface area contributed by atoms with Crippen molar-refractivity contribution >= 4 is 17.9 Å². The van der Waals surface area contributed by atoms with E-state index in [0.717, 1.165) is 51.4 Å². The summed E-state index contributed by atoms with van der Waals surface area (Å²) in [6, 6.07) is 0. The lowest BCUT2D eigenvalue weighted by Gasteiger charge is -2.17. The van der Waals surface area contributed by atoms with Crippen LogP contribution in [0.15, 0.2) is 12.2 Å². The van der Waals surface area contributed by atoms with Crippen LogP contribution in [0.2, 0.25) is 0 Å². The van der Waals surface area contributed by atoms with E-state index in [-0.39, 0.29) is 32.7 Å². The van der Waals surface area contributed by atoms with Crippen LogP contribution in [0.3, 0.4) is 0 Å². The van der Waals surface area contributed by atoms with Crippen LogP contribution in [0.25, 0.3) is 0 Å². The number of hydrogen-bond acceptors (Lipinski definition) is 7. The van der Waals surface area contributed by atoms with Crippen LogP contribution in [0.1, 0.15) is 148 Å². The van der Waals surface area contributed by atoms with Crippen molar-refractivity contribution in [1.29, 1.82) is 0 Å². The highest BCUT2D eigenvalue weighted by Gasteiger charge is 2.01. The molecule has 0 aromatic heterocycles. The number of unbranched alkanes of at least 4 members (excludes halogenated alkanes) is 16. The van der Waals surface area contributed by atoms with Gasteiger partial charge in [0, 0.05) is 38.9 Å². The van der Waals surface area contributed by atoms with E-state index in [2.05, 4.69) is 19.1 Å². The monoisotopic (exact) mass is 633 g/mol. The molecule has 0 atom stereocenters. The molecule has 0 aromatic carbocycles. The first-order chi connectivity index (χ1) is 21.2. The van der Waals surface area contributed by atoms with E-state index in [1.54, 1.807) is 4.90 Å². The maximum atomic E-state index is 10.3. The van der Waals surface area contributed by atoms with E-state index in [1.807, 2.05) is 0 Å². The third-order valence-electron chi connectivity index (χ3n) is 6.93. The summed E-state index contributed by atoms with van der Waals surface area (Å²) in [7, 11) is 0. The lowest BCUT2D eigenvalue weighted by atomic mass is 10.1. The van der Waals surface area contributed by atoms with Crippen molar-refractivity contribution in [3.05, 3.63) is 12.2 Å². The summed E-state index contributed by atoms with van der Waals surface area (Å²) in [6.45, 7) is 4.01. The second-order valence-corrected chi connectivity index (χ2v) is 11.1. The Kier molecular flexibility index (Phi) is 43.2. The van der Waals surface area contributed by atoms with E-state index >= 15 is 0 Å². The molecule has 0 fully saturated rings. The van der Waals surface area contributed by atoms with Gasteiger partial charge in [0.15, 0.2) is 0 Å². The number of hydrogen-bond donors (Lipinski definition) is 6. The molecule has 10 heteroatoms. The highest BCUT2D eigenvalue weighted by atomic mass is 16.4. The zero-order valence-electron chi connectivity index (χ0n) is 27.8. The molecule has 0 spiro atoms. The van der Waals surface area contributed by atoms with E-state index in [4.69, 9.17) is 30.6 Å². The number of aliphatic hydroxyl groups excluding tert-OH is 3. The topological polar surface area (TPSA) is 176 Å². The number of allylic oxidation sites excluding steroid dienone is 2. The first kappa shape index (κ1) is 46.4. The number of carbonyl (C=O) groups is 3. The zero-order chi connectivity index (χ0) is 33.5. The Labute approximate surface area is 267 Å². The average molecular weight is 634 g/mol. The fourth-order valence-electron chi connectivity index (χ4n) is 4.37. The van der Waals surface area contributed by atoms with E-state index in [9.17, 15) is 14.4 Å². The molecule has 0 amide bonds. The zero-order valence-corrected chi connectivity index (χ0v) is 27.8. The number of carboxylic acids is 3. The van der Waals surface area contributed by atoms with E-state index in [1.165, 1.54) is 70.6 Å². The molecule has 0 rings (SSSR count). The molecular weight excluding hydrogens is 566 g/mol. The van der Waals surface area contributed by atoms with E-state index < -0.39 is 17.9 Å². The van der Waals surface area contributed by atoms with Gasteiger partial charge in [-0.3, -0.25) is 19.3 Å². The molecule has 0 aliphatic heterocycles. The number of nitrogens with zero attached hydrogens (tertiary/aromatic N) is 1. The summed E-state index contributed by atoms with van der Waals surface area (Å²) in [5.74, 6) is -2.14. The SMILES string of the molecule is CCCCCCCC/C=C\CCCCCCCC(=O)O.O=C(O)CCCCCCCCC(=O)O.OCCN(CCO)CCO. The van der Waals surface area contributed by atoms with Crippen LogP contribution in [0.5, 0.6) is 0 Å². The molecule has 0 aliphatic rings. The lowest BCUT2D eigenvalue weighted by Crippen LogP contribution is -2.32.